The van der Waals surface area contributed by atoms with Gasteiger partial charge in [-0.25, -0.2) is 4.98 Å². The second kappa shape index (κ2) is 6.07. The highest BCUT2D eigenvalue weighted by molar-refractivity contribution is 6.31. The minimum atomic E-state index is 0.829. The Morgan fingerprint density at radius 3 is 2.76 bits per heavy atom. The molecule has 0 fully saturated rings. The quantitative estimate of drug-likeness (QED) is 0.444. The fourth-order valence-corrected chi connectivity index (χ4v) is 3.38. The zero-order valence-corrected chi connectivity index (χ0v) is 13.5. The Kier molecular flexibility index (Phi) is 4.16. The first kappa shape index (κ1) is 14.4. The summed E-state index contributed by atoms with van der Waals surface area (Å²) >= 11 is 6.70. The van der Waals surface area contributed by atoms with Crippen LogP contribution in [0.2, 0.25) is 5.15 Å². The number of para-hydroxylation sites is 2. The Morgan fingerprint density at radius 2 is 1.95 bits per heavy atom. The molecular formula is C18H21ClN2. The van der Waals surface area contributed by atoms with Gasteiger partial charge in [-0.1, -0.05) is 49.9 Å². The summed E-state index contributed by atoms with van der Waals surface area (Å²) in [5, 5.41) is 0.829. The number of halogens is 1. The molecule has 2 heterocycles. The van der Waals surface area contributed by atoms with E-state index >= 15 is 0 Å². The van der Waals surface area contributed by atoms with Crippen molar-refractivity contribution in [1.82, 2.24) is 9.38 Å². The van der Waals surface area contributed by atoms with E-state index in [9.17, 15) is 0 Å². The Labute approximate surface area is 130 Å². The summed E-state index contributed by atoms with van der Waals surface area (Å²) in [5.74, 6) is 0. The van der Waals surface area contributed by atoms with Crippen molar-refractivity contribution >= 4 is 28.3 Å². The molecule has 0 spiro atoms. The lowest BCUT2D eigenvalue weighted by atomic mass is 10.0. The first-order valence-corrected chi connectivity index (χ1v) is 8.15. The second-order valence-corrected chi connectivity index (χ2v) is 6.06. The molecular weight excluding hydrogens is 280 g/mol. The molecule has 0 radical (unpaired) electrons. The maximum Gasteiger partial charge on any atom is 0.139 e. The van der Waals surface area contributed by atoms with Crippen LogP contribution in [0, 0.1) is 6.92 Å². The number of unbranched alkanes of at least 4 members (excludes halogenated alkanes) is 3. The van der Waals surface area contributed by atoms with Gasteiger partial charge in [-0.2, -0.15) is 0 Å². The zero-order valence-electron chi connectivity index (χ0n) is 12.7. The van der Waals surface area contributed by atoms with Gasteiger partial charge in [0.1, 0.15) is 10.8 Å². The van der Waals surface area contributed by atoms with E-state index in [4.69, 9.17) is 11.6 Å². The Hall–Kier alpha value is -1.54. The summed E-state index contributed by atoms with van der Waals surface area (Å²) in [6.07, 6.45) is 6.08. The van der Waals surface area contributed by atoms with Crippen LogP contribution in [0.3, 0.4) is 0 Å². The SMILES string of the molecule is CCCCCCc1c(C)cc2nc3ccccc3n2c1Cl. The van der Waals surface area contributed by atoms with Crippen molar-refractivity contribution in [2.45, 2.75) is 46.0 Å². The van der Waals surface area contributed by atoms with Crippen molar-refractivity contribution in [1.29, 1.82) is 0 Å². The molecule has 2 nitrogen and oxygen atoms in total. The number of fused-ring (bicyclic) bond motifs is 3. The van der Waals surface area contributed by atoms with Gasteiger partial charge in [0, 0.05) is 0 Å². The molecule has 0 bridgehead atoms. The Bertz CT molecular complexity index is 774. The summed E-state index contributed by atoms with van der Waals surface area (Å²) in [5.41, 5.74) is 5.55. The maximum atomic E-state index is 6.70. The highest BCUT2D eigenvalue weighted by Crippen LogP contribution is 2.28. The first-order valence-electron chi connectivity index (χ1n) is 7.77. The van der Waals surface area contributed by atoms with E-state index in [1.165, 1.54) is 36.8 Å². The summed E-state index contributed by atoms with van der Waals surface area (Å²) in [6.45, 7) is 4.38. The number of aromatic nitrogens is 2. The summed E-state index contributed by atoms with van der Waals surface area (Å²) < 4.78 is 2.08. The fourth-order valence-electron chi connectivity index (χ4n) is 2.96. The van der Waals surface area contributed by atoms with Crippen molar-refractivity contribution in [3.63, 3.8) is 0 Å². The van der Waals surface area contributed by atoms with Gasteiger partial charge in [-0.05, 0) is 49.1 Å². The molecule has 3 heteroatoms. The number of hydrogen-bond donors (Lipinski definition) is 0. The molecule has 3 rings (SSSR count). The minimum absolute atomic E-state index is 0.829. The van der Waals surface area contributed by atoms with Crippen LogP contribution in [0.15, 0.2) is 30.3 Å². The zero-order chi connectivity index (χ0) is 14.8. The highest BCUT2D eigenvalue weighted by Gasteiger charge is 2.13. The van der Waals surface area contributed by atoms with Gasteiger partial charge in [0.05, 0.1) is 11.0 Å². The van der Waals surface area contributed by atoms with Crippen molar-refractivity contribution in [2.75, 3.05) is 0 Å². The molecule has 3 aromatic rings. The molecule has 0 aliphatic heterocycles. The number of nitrogens with zero attached hydrogens (tertiary/aromatic N) is 2. The van der Waals surface area contributed by atoms with Gasteiger partial charge in [0.15, 0.2) is 0 Å². The van der Waals surface area contributed by atoms with Crippen LogP contribution in [-0.4, -0.2) is 9.38 Å². The van der Waals surface area contributed by atoms with E-state index in [1.54, 1.807) is 0 Å². The van der Waals surface area contributed by atoms with Crippen LogP contribution in [0.4, 0.5) is 0 Å². The van der Waals surface area contributed by atoms with Crippen molar-refractivity contribution in [3.05, 3.63) is 46.6 Å². The monoisotopic (exact) mass is 300 g/mol. The van der Waals surface area contributed by atoms with E-state index in [0.29, 0.717) is 0 Å². The Balaban J connectivity index is 2.06. The van der Waals surface area contributed by atoms with Crippen LogP contribution < -0.4 is 0 Å². The summed E-state index contributed by atoms with van der Waals surface area (Å²) in [6, 6.07) is 10.3. The van der Waals surface area contributed by atoms with Gasteiger partial charge in [0.2, 0.25) is 0 Å². The molecule has 0 N–H and O–H groups in total. The topological polar surface area (TPSA) is 17.3 Å². The number of imidazole rings is 1. The number of benzene rings is 1. The molecule has 0 aliphatic rings. The summed E-state index contributed by atoms with van der Waals surface area (Å²) in [4.78, 5) is 4.67. The third-order valence-corrected chi connectivity index (χ3v) is 4.53. The van der Waals surface area contributed by atoms with Crippen LogP contribution in [0.25, 0.3) is 16.7 Å². The number of pyridine rings is 1. The lowest BCUT2D eigenvalue weighted by Gasteiger charge is -2.11. The van der Waals surface area contributed by atoms with Crippen LogP contribution in [0.1, 0.15) is 43.7 Å². The van der Waals surface area contributed by atoms with E-state index in [2.05, 4.69) is 35.4 Å². The van der Waals surface area contributed by atoms with Crippen molar-refractivity contribution < 1.29 is 0 Å². The third-order valence-electron chi connectivity index (χ3n) is 4.13. The molecule has 0 saturated carbocycles. The molecule has 1 aromatic carbocycles. The number of rotatable bonds is 5. The van der Waals surface area contributed by atoms with Gasteiger partial charge in [-0.15, -0.1) is 0 Å². The van der Waals surface area contributed by atoms with Gasteiger partial charge >= 0.3 is 0 Å². The second-order valence-electron chi connectivity index (χ2n) is 5.70. The molecule has 0 aliphatic carbocycles. The lowest BCUT2D eigenvalue weighted by molar-refractivity contribution is 0.664. The smallest absolute Gasteiger partial charge is 0.139 e. The largest absolute Gasteiger partial charge is 0.282 e. The van der Waals surface area contributed by atoms with E-state index in [-0.39, 0.29) is 0 Å². The van der Waals surface area contributed by atoms with Crippen molar-refractivity contribution in [2.24, 2.45) is 0 Å². The molecule has 0 saturated heterocycles. The predicted octanol–water partition coefficient (Wildman–Crippen LogP) is 5.57. The van der Waals surface area contributed by atoms with Gasteiger partial charge in [-0.3, -0.25) is 4.40 Å². The predicted molar refractivity (Wildman–Crippen MR) is 90.3 cm³/mol. The molecule has 110 valence electrons. The maximum absolute atomic E-state index is 6.70. The highest BCUT2D eigenvalue weighted by atomic mass is 35.5. The average Bonchev–Trinajstić information content (AvgIpc) is 2.84. The van der Waals surface area contributed by atoms with E-state index < -0.39 is 0 Å². The third kappa shape index (κ3) is 2.65. The van der Waals surface area contributed by atoms with E-state index in [1.807, 2.05) is 18.2 Å². The van der Waals surface area contributed by atoms with Gasteiger partial charge in [0.25, 0.3) is 0 Å². The molecule has 0 amide bonds. The van der Waals surface area contributed by atoms with Crippen LogP contribution in [0.5, 0.6) is 0 Å². The first-order chi connectivity index (χ1) is 10.2. The van der Waals surface area contributed by atoms with E-state index in [0.717, 1.165) is 28.3 Å². The lowest BCUT2D eigenvalue weighted by Crippen LogP contribution is -1.98. The Morgan fingerprint density at radius 1 is 1.14 bits per heavy atom. The normalized spacial score (nSPS) is 11.6. The number of aryl methyl sites for hydroxylation is 1. The average molecular weight is 301 g/mol. The summed E-state index contributed by atoms with van der Waals surface area (Å²) in [7, 11) is 0. The number of hydrogen-bond acceptors (Lipinski definition) is 1. The fraction of sp³-hybridized carbons (Fsp3) is 0.389. The van der Waals surface area contributed by atoms with Gasteiger partial charge < -0.3 is 0 Å². The standard InChI is InChI=1S/C18H21ClN2/c1-3-4-5-6-9-14-13(2)12-17-20-15-10-7-8-11-16(15)21(17)18(14)19/h7-8,10-12H,3-6,9H2,1-2H3. The minimum Gasteiger partial charge on any atom is -0.282 e. The van der Waals surface area contributed by atoms with Crippen LogP contribution in [-0.2, 0) is 6.42 Å². The molecule has 0 unspecified atom stereocenters. The van der Waals surface area contributed by atoms with Crippen molar-refractivity contribution in [3.8, 4) is 0 Å². The molecule has 21 heavy (non-hydrogen) atoms. The molecule has 0 atom stereocenters. The molecule has 2 aromatic heterocycles. The van der Waals surface area contributed by atoms with Crippen LogP contribution >= 0.6 is 11.6 Å².